The number of rotatable bonds is 7. The summed E-state index contributed by atoms with van der Waals surface area (Å²) in [6, 6.07) is 11.3. The first-order valence-corrected chi connectivity index (χ1v) is 9.33. The Labute approximate surface area is 160 Å². The Morgan fingerprint density at radius 2 is 1.89 bits per heavy atom. The molecule has 1 aromatic carbocycles. The van der Waals surface area contributed by atoms with Gasteiger partial charge in [-0.2, -0.15) is 0 Å². The minimum Gasteiger partial charge on any atom is -0.406 e. The number of aromatic amines is 1. The highest BCUT2D eigenvalue weighted by Crippen LogP contribution is 2.51. The van der Waals surface area contributed by atoms with Gasteiger partial charge >= 0.3 is 6.36 Å². The van der Waals surface area contributed by atoms with Crippen molar-refractivity contribution in [3.05, 3.63) is 64.1 Å². The monoisotopic (exact) mass is 393 g/mol. The van der Waals surface area contributed by atoms with E-state index in [4.69, 9.17) is 0 Å². The Morgan fingerprint density at radius 1 is 1.14 bits per heavy atom. The molecule has 2 unspecified atom stereocenters. The molecule has 0 amide bonds. The minimum atomic E-state index is -4.67. The molecule has 2 aromatic rings. The third-order valence-electron chi connectivity index (χ3n) is 5.51. The topological polar surface area (TPSA) is 57.4 Å². The van der Waals surface area contributed by atoms with Crippen molar-refractivity contribution in [2.75, 3.05) is 19.6 Å². The van der Waals surface area contributed by atoms with Crippen LogP contribution in [0.4, 0.5) is 13.2 Å². The van der Waals surface area contributed by atoms with Crippen LogP contribution in [0, 0.1) is 17.8 Å². The zero-order chi connectivity index (χ0) is 19.7. The lowest BCUT2D eigenvalue weighted by atomic mass is 10.2. The lowest BCUT2D eigenvalue weighted by Gasteiger charge is -2.19. The normalized spacial score (nSPS) is 24.2. The Kier molecular flexibility index (Phi) is 5.16. The SMILES string of the molecule is O=c1cccc(CN2CC3C(CNCc4cccc(OC(F)(F)F)c4)C3C2)[nH]1. The number of benzene rings is 1. The van der Waals surface area contributed by atoms with Gasteiger partial charge in [-0.05, 0) is 48.1 Å². The number of piperidine rings is 1. The molecule has 0 spiro atoms. The van der Waals surface area contributed by atoms with Crippen LogP contribution in [0.25, 0.3) is 0 Å². The Hall–Kier alpha value is -2.32. The van der Waals surface area contributed by atoms with Gasteiger partial charge in [0.25, 0.3) is 0 Å². The lowest BCUT2D eigenvalue weighted by molar-refractivity contribution is -0.274. The molecule has 1 saturated heterocycles. The van der Waals surface area contributed by atoms with E-state index in [1.165, 1.54) is 18.2 Å². The zero-order valence-corrected chi connectivity index (χ0v) is 15.2. The van der Waals surface area contributed by atoms with E-state index in [-0.39, 0.29) is 11.3 Å². The zero-order valence-electron chi connectivity index (χ0n) is 15.2. The third kappa shape index (κ3) is 4.74. The van der Waals surface area contributed by atoms with Gasteiger partial charge in [-0.3, -0.25) is 9.69 Å². The summed E-state index contributed by atoms with van der Waals surface area (Å²) >= 11 is 0. The number of nitrogens with zero attached hydrogens (tertiary/aromatic N) is 1. The van der Waals surface area contributed by atoms with Crippen molar-refractivity contribution in [3.8, 4) is 5.75 Å². The van der Waals surface area contributed by atoms with Crippen molar-refractivity contribution in [1.82, 2.24) is 15.2 Å². The molecule has 2 atom stereocenters. The molecule has 1 saturated carbocycles. The fourth-order valence-corrected chi connectivity index (χ4v) is 4.23. The van der Waals surface area contributed by atoms with Crippen molar-refractivity contribution in [2.45, 2.75) is 19.5 Å². The summed E-state index contributed by atoms with van der Waals surface area (Å²) in [5, 5.41) is 3.35. The number of nitrogens with one attached hydrogen (secondary N) is 2. The Balaban J connectivity index is 1.19. The number of hydrogen-bond donors (Lipinski definition) is 2. The Bertz CT molecular complexity index is 871. The van der Waals surface area contributed by atoms with E-state index in [0.29, 0.717) is 24.3 Å². The highest BCUT2D eigenvalue weighted by Gasteiger charge is 2.54. The maximum Gasteiger partial charge on any atom is 0.573 e. The molecular weight excluding hydrogens is 371 g/mol. The summed E-state index contributed by atoms with van der Waals surface area (Å²) in [4.78, 5) is 16.6. The van der Waals surface area contributed by atoms with Crippen LogP contribution in [-0.4, -0.2) is 35.9 Å². The summed E-state index contributed by atoms with van der Waals surface area (Å²) in [6.45, 7) is 4.16. The van der Waals surface area contributed by atoms with Gasteiger partial charge in [-0.15, -0.1) is 13.2 Å². The molecule has 5 nitrogen and oxygen atoms in total. The first-order chi connectivity index (χ1) is 13.4. The molecule has 0 bridgehead atoms. The molecule has 1 aliphatic carbocycles. The average molecular weight is 393 g/mol. The number of pyridine rings is 1. The van der Waals surface area contributed by atoms with Crippen LogP contribution < -0.4 is 15.6 Å². The predicted octanol–water partition coefficient (Wildman–Crippen LogP) is 2.74. The van der Waals surface area contributed by atoms with Gasteiger partial charge < -0.3 is 15.0 Å². The third-order valence-corrected chi connectivity index (χ3v) is 5.51. The van der Waals surface area contributed by atoms with E-state index in [1.807, 2.05) is 6.07 Å². The predicted molar refractivity (Wildman–Crippen MR) is 97.6 cm³/mol. The maximum atomic E-state index is 12.3. The van der Waals surface area contributed by atoms with Crippen molar-refractivity contribution in [2.24, 2.45) is 17.8 Å². The van der Waals surface area contributed by atoms with E-state index in [1.54, 1.807) is 18.2 Å². The molecule has 2 fully saturated rings. The second-order valence-electron chi connectivity index (χ2n) is 7.55. The molecule has 1 aliphatic heterocycles. The van der Waals surface area contributed by atoms with E-state index >= 15 is 0 Å². The largest absolute Gasteiger partial charge is 0.573 e. The molecular formula is C20H22F3N3O2. The van der Waals surface area contributed by atoms with Crippen molar-refractivity contribution in [3.63, 3.8) is 0 Å². The van der Waals surface area contributed by atoms with Crippen molar-refractivity contribution < 1.29 is 17.9 Å². The highest BCUT2D eigenvalue weighted by atomic mass is 19.4. The van der Waals surface area contributed by atoms with Gasteiger partial charge in [-0.1, -0.05) is 18.2 Å². The Morgan fingerprint density at radius 3 is 2.61 bits per heavy atom. The summed E-state index contributed by atoms with van der Waals surface area (Å²) in [5.41, 5.74) is 1.63. The van der Waals surface area contributed by atoms with Crippen LogP contribution in [0.3, 0.4) is 0 Å². The molecule has 4 rings (SSSR count). The molecule has 2 aliphatic rings. The van der Waals surface area contributed by atoms with Crippen molar-refractivity contribution in [1.29, 1.82) is 0 Å². The maximum absolute atomic E-state index is 12.3. The molecule has 1 aromatic heterocycles. The van der Waals surface area contributed by atoms with Crippen LogP contribution in [-0.2, 0) is 13.1 Å². The lowest BCUT2D eigenvalue weighted by Crippen LogP contribution is -2.28. The smallest absolute Gasteiger partial charge is 0.406 e. The fourth-order valence-electron chi connectivity index (χ4n) is 4.23. The van der Waals surface area contributed by atoms with Gasteiger partial charge in [0.2, 0.25) is 5.56 Å². The summed E-state index contributed by atoms with van der Waals surface area (Å²) in [6.07, 6.45) is -4.67. The summed E-state index contributed by atoms with van der Waals surface area (Å²) < 4.78 is 40.9. The van der Waals surface area contributed by atoms with Crippen LogP contribution in [0.5, 0.6) is 5.75 Å². The molecule has 2 heterocycles. The van der Waals surface area contributed by atoms with E-state index in [0.717, 1.165) is 37.4 Å². The standard InChI is InChI=1S/C20H22F3N3O2/c21-20(22,23)28-15-5-1-3-13(7-15)8-24-9-16-17-11-26(12-18(16)17)10-14-4-2-6-19(27)25-14/h1-7,16-18,24H,8-12H2,(H,25,27). The fraction of sp³-hybridized carbons (Fsp3) is 0.450. The van der Waals surface area contributed by atoms with Gasteiger partial charge in [0.1, 0.15) is 5.75 Å². The molecule has 150 valence electrons. The highest BCUT2D eigenvalue weighted by molar-refractivity contribution is 5.28. The summed E-state index contributed by atoms with van der Waals surface area (Å²) in [7, 11) is 0. The minimum absolute atomic E-state index is 0.0753. The van der Waals surface area contributed by atoms with Crippen LogP contribution in [0.15, 0.2) is 47.3 Å². The second-order valence-corrected chi connectivity index (χ2v) is 7.55. The van der Waals surface area contributed by atoms with Crippen molar-refractivity contribution >= 4 is 0 Å². The molecule has 8 heteroatoms. The number of fused-ring (bicyclic) bond motifs is 1. The number of alkyl halides is 3. The van der Waals surface area contributed by atoms with E-state index < -0.39 is 6.36 Å². The molecule has 2 N–H and O–H groups in total. The number of H-pyrrole nitrogens is 1. The second kappa shape index (κ2) is 7.60. The first kappa shape index (κ1) is 19.0. The average Bonchev–Trinajstić information content (AvgIpc) is 3.06. The van der Waals surface area contributed by atoms with Gasteiger partial charge in [0, 0.05) is 37.9 Å². The summed E-state index contributed by atoms with van der Waals surface area (Å²) in [5.74, 6) is 1.73. The van der Waals surface area contributed by atoms with Gasteiger partial charge in [0.15, 0.2) is 0 Å². The van der Waals surface area contributed by atoms with Crippen LogP contribution in [0.2, 0.25) is 0 Å². The molecule has 28 heavy (non-hydrogen) atoms. The van der Waals surface area contributed by atoms with Crippen LogP contribution >= 0.6 is 0 Å². The van der Waals surface area contributed by atoms with Crippen LogP contribution in [0.1, 0.15) is 11.3 Å². The van der Waals surface area contributed by atoms with E-state index in [2.05, 4.69) is 19.9 Å². The first-order valence-electron chi connectivity index (χ1n) is 9.33. The number of aromatic nitrogens is 1. The quantitative estimate of drug-likeness (QED) is 0.760. The number of ether oxygens (including phenoxy) is 1. The number of hydrogen-bond acceptors (Lipinski definition) is 4. The van der Waals surface area contributed by atoms with E-state index in [9.17, 15) is 18.0 Å². The number of likely N-dealkylation sites (tertiary alicyclic amines) is 1. The van der Waals surface area contributed by atoms with Gasteiger partial charge in [0.05, 0.1) is 0 Å². The van der Waals surface area contributed by atoms with Gasteiger partial charge in [-0.25, -0.2) is 0 Å². The number of halogens is 3. The molecule has 0 radical (unpaired) electrons.